The van der Waals surface area contributed by atoms with Crippen LogP contribution in [0.25, 0.3) is 0 Å². The number of ether oxygens (including phenoxy) is 1. The van der Waals surface area contributed by atoms with Crippen LogP contribution in [-0.2, 0) is 6.42 Å². The minimum absolute atomic E-state index is 0.622. The third-order valence-electron chi connectivity index (χ3n) is 3.85. The molecular weight excluding hydrogens is 298 g/mol. The van der Waals surface area contributed by atoms with Crippen LogP contribution in [0.5, 0.6) is 5.88 Å². The Hall–Kier alpha value is -2.36. The van der Waals surface area contributed by atoms with Crippen LogP contribution in [0.3, 0.4) is 0 Å². The Labute approximate surface area is 145 Å². The summed E-state index contributed by atoms with van der Waals surface area (Å²) in [6, 6.07) is 10.4. The molecule has 0 saturated heterocycles. The quantitative estimate of drug-likeness (QED) is 0.564. The topological polar surface area (TPSA) is 37.7 Å². The summed E-state index contributed by atoms with van der Waals surface area (Å²) in [5.41, 5.74) is 5.63. The maximum atomic E-state index is 5.80. The summed E-state index contributed by atoms with van der Waals surface area (Å²) in [4.78, 5) is 11.0. The Bertz CT molecular complexity index is 690. The summed E-state index contributed by atoms with van der Waals surface area (Å²) in [5, 5.41) is 0. The van der Waals surface area contributed by atoms with Crippen LogP contribution in [-0.4, -0.2) is 36.4 Å². The Morgan fingerprint density at radius 2 is 1.83 bits per heavy atom. The molecular formula is C20H27N3O. The first-order valence-corrected chi connectivity index (χ1v) is 8.40. The van der Waals surface area contributed by atoms with Gasteiger partial charge in [0.05, 0.1) is 24.3 Å². The monoisotopic (exact) mass is 325 g/mol. The van der Waals surface area contributed by atoms with E-state index in [4.69, 9.17) is 4.74 Å². The van der Waals surface area contributed by atoms with Crippen molar-refractivity contribution in [2.75, 3.05) is 20.2 Å². The molecule has 0 bridgehead atoms. The molecule has 0 aliphatic carbocycles. The van der Waals surface area contributed by atoms with Gasteiger partial charge < -0.3 is 9.64 Å². The lowest BCUT2D eigenvalue weighted by Gasteiger charge is -2.10. The van der Waals surface area contributed by atoms with Gasteiger partial charge in [0.25, 0.3) is 0 Å². The van der Waals surface area contributed by atoms with Gasteiger partial charge in [-0.25, -0.2) is 9.98 Å². The van der Waals surface area contributed by atoms with E-state index < -0.39 is 0 Å². The van der Waals surface area contributed by atoms with Crippen molar-refractivity contribution in [1.29, 1.82) is 0 Å². The third-order valence-corrected chi connectivity index (χ3v) is 3.85. The first kappa shape index (κ1) is 18.0. The highest BCUT2D eigenvalue weighted by atomic mass is 16.5. The summed E-state index contributed by atoms with van der Waals surface area (Å²) < 4.78 is 5.80. The van der Waals surface area contributed by atoms with Crippen molar-refractivity contribution in [1.82, 2.24) is 9.88 Å². The zero-order chi connectivity index (χ0) is 17.5. The van der Waals surface area contributed by atoms with Crippen LogP contribution in [0, 0.1) is 20.8 Å². The van der Waals surface area contributed by atoms with Crippen LogP contribution >= 0.6 is 0 Å². The average molecular weight is 325 g/mol. The van der Waals surface area contributed by atoms with Crippen molar-refractivity contribution in [3.05, 3.63) is 52.7 Å². The molecule has 1 heterocycles. The molecule has 4 nitrogen and oxygen atoms in total. The van der Waals surface area contributed by atoms with E-state index in [2.05, 4.69) is 48.9 Å². The van der Waals surface area contributed by atoms with Crippen molar-refractivity contribution >= 4 is 12.0 Å². The summed E-state index contributed by atoms with van der Waals surface area (Å²) >= 11 is 0. The molecule has 0 atom stereocenters. The molecule has 0 radical (unpaired) electrons. The number of aromatic nitrogens is 1. The fraction of sp³-hybridized carbons (Fsp3) is 0.400. The fourth-order valence-corrected chi connectivity index (χ4v) is 2.48. The van der Waals surface area contributed by atoms with Gasteiger partial charge in [0.2, 0.25) is 5.88 Å². The molecule has 0 N–H and O–H groups in total. The first-order valence-electron chi connectivity index (χ1n) is 8.40. The molecule has 0 spiro atoms. The standard InChI is InChI=1S/C20H27N3O/c1-6-23(5)14-21-19-7-8-20(22-17(19)4)24-10-9-18-12-15(2)11-16(3)13-18/h7-8,11-14H,6,9-10H2,1-5H3. The van der Waals surface area contributed by atoms with Crippen LogP contribution in [0.1, 0.15) is 29.3 Å². The van der Waals surface area contributed by atoms with Gasteiger partial charge >= 0.3 is 0 Å². The van der Waals surface area contributed by atoms with E-state index in [9.17, 15) is 0 Å². The Morgan fingerprint density at radius 3 is 2.46 bits per heavy atom. The van der Waals surface area contributed by atoms with Crippen LogP contribution in [0.4, 0.5) is 5.69 Å². The predicted octanol–water partition coefficient (Wildman–Crippen LogP) is 4.24. The number of nitrogens with zero attached hydrogens (tertiary/aromatic N) is 3. The van der Waals surface area contributed by atoms with E-state index >= 15 is 0 Å². The fourth-order valence-electron chi connectivity index (χ4n) is 2.48. The predicted molar refractivity (Wildman–Crippen MR) is 101 cm³/mol. The zero-order valence-corrected chi connectivity index (χ0v) is 15.3. The lowest BCUT2D eigenvalue weighted by Crippen LogP contribution is -2.14. The van der Waals surface area contributed by atoms with E-state index in [0.717, 1.165) is 24.3 Å². The molecule has 0 amide bonds. The average Bonchev–Trinajstić information content (AvgIpc) is 2.53. The van der Waals surface area contributed by atoms with Gasteiger partial charge in [-0.05, 0) is 39.3 Å². The number of benzene rings is 1. The molecule has 0 aliphatic heterocycles. The summed E-state index contributed by atoms with van der Waals surface area (Å²) in [6.07, 6.45) is 2.70. The molecule has 4 heteroatoms. The van der Waals surface area contributed by atoms with Crippen LogP contribution in [0.15, 0.2) is 35.3 Å². The van der Waals surface area contributed by atoms with E-state index in [1.807, 2.05) is 37.3 Å². The lowest BCUT2D eigenvalue weighted by molar-refractivity contribution is 0.309. The largest absolute Gasteiger partial charge is 0.477 e. The van der Waals surface area contributed by atoms with Crippen molar-refractivity contribution in [3.63, 3.8) is 0 Å². The van der Waals surface area contributed by atoms with Crippen molar-refractivity contribution in [3.8, 4) is 5.88 Å². The number of pyridine rings is 1. The number of aliphatic imine (C=N–C) groups is 1. The van der Waals surface area contributed by atoms with Gasteiger partial charge in [0.1, 0.15) is 0 Å². The minimum atomic E-state index is 0.622. The SMILES string of the molecule is CCN(C)C=Nc1ccc(OCCc2cc(C)cc(C)c2)nc1C. The van der Waals surface area contributed by atoms with Gasteiger partial charge in [-0.1, -0.05) is 29.3 Å². The second kappa shape index (κ2) is 8.48. The molecule has 0 fully saturated rings. The Kier molecular flexibility index (Phi) is 6.36. The number of hydrogen-bond donors (Lipinski definition) is 0. The molecule has 1 aromatic heterocycles. The second-order valence-corrected chi connectivity index (χ2v) is 6.17. The van der Waals surface area contributed by atoms with E-state index in [1.165, 1.54) is 16.7 Å². The van der Waals surface area contributed by atoms with Crippen molar-refractivity contribution in [2.24, 2.45) is 4.99 Å². The molecule has 0 unspecified atom stereocenters. The summed E-state index contributed by atoms with van der Waals surface area (Å²) in [5.74, 6) is 0.652. The van der Waals surface area contributed by atoms with Gasteiger partial charge in [0, 0.05) is 26.1 Å². The normalized spacial score (nSPS) is 11.0. The van der Waals surface area contributed by atoms with Gasteiger partial charge in [-0.15, -0.1) is 0 Å². The van der Waals surface area contributed by atoms with Crippen molar-refractivity contribution in [2.45, 2.75) is 34.1 Å². The molecule has 24 heavy (non-hydrogen) atoms. The van der Waals surface area contributed by atoms with E-state index in [1.54, 1.807) is 0 Å². The van der Waals surface area contributed by atoms with Crippen LogP contribution in [0.2, 0.25) is 0 Å². The number of aryl methyl sites for hydroxylation is 3. The van der Waals surface area contributed by atoms with E-state index in [0.29, 0.717) is 12.5 Å². The number of hydrogen-bond acceptors (Lipinski definition) is 3. The highest BCUT2D eigenvalue weighted by molar-refractivity contribution is 5.62. The lowest BCUT2D eigenvalue weighted by atomic mass is 10.1. The maximum Gasteiger partial charge on any atom is 0.213 e. The summed E-state index contributed by atoms with van der Waals surface area (Å²) in [6.45, 7) is 9.83. The number of rotatable bonds is 7. The van der Waals surface area contributed by atoms with Crippen LogP contribution < -0.4 is 4.74 Å². The Balaban J connectivity index is 1.93. The Morgan fingerprint density at radius 1 is 1.12 bits per heavy atom. The highest BCUT2D eigenvalue weighted by Gasteiger charge is 2.03. The zero-order valence-electron chi connectivity index (χ0n) is 15.3. The molecule has 2 rings (SSSR count). The van der Waals surface area contributed by atoms with Gasteiger partial charge in [-0.3, -0.25) is 0 Å². The molecule has 1 aromatic carbocycles. The van der Waals surface area contributed by atoms with Gasteiger partial charge in [-0.2, -0.15) is 0 Å². The second-order valence-electron chi connectivity index (χ2n) is 6.17. The maximum absolute atomic E-state index is 5.80. The van der Waals surface area contributed by atoms with Gasteiger partial charge in [0.15, 0.2) is 0 Å². The van der Waals surface area contributed by atoms with E-state index in [-0.39, 0.29) is 0 Å². The smallest absolute Gasteiger partial charge is 0.213 e. The minimum Gasteiger partial charge on any atom is -0.477 e. The first-order chi connectivity index (χ1) is 11.5. The molecule has 0 saturated carbocycles. The molecule has 128 valence electrons. The third kappa shape index (κ3) is 5.37. The summed E-state index contributed by atoms with van der Waals surface area (Å²) in [7, 11) is 2.00. The highest BCUT2D eigenvalue weighted by Crippen LogP contribution is 2.20. The van der Waals surface area contributed by atoms with Crippen molar-refractivity contribution < 1.29 is 4.74 Å². The molecule has 0 aliphatic rings. The molecule has 2 aromatic rings.